The van der Waals surface area contributed by atoms with Crippen molar-refractivity contribution < 1.29 is 19.4 Å². The van der Waals surface area contributed by atoms with Gasteiger partial charge in [0.25, 0.3) is 17.3 Å². The summed E-state index contributed by atoms with van der Waals surface area (Å²) in [5, 5.41) is 23.8. The number of nitro groups is 2. The highest BCUT2D eigenvalue weighted by Gasteiger charge is 2.15. The Balaban J connectivity index is 2.00. The molecule has 0 aliphatic carbocycles. The molecule has 0 unspecified atom stereocenters. The second kappa shape index (κ2) is 6.98. The maximum atomic E-state index is 11.8. The fourth-order valence-electron chi connectivity index (χ4n) is 1.76. The fourth-order valence-corrected chi connectivity index (χ4v) is 1.76. The van der Waals surface area contributed by atoms with E-state index in [2.05, 4.69) is 5.32 Å². The lowest BCUT2D eigenvalue weighted by atomic mass is 10.2. The molecular weight excluding hydrogens is 306 g/mol. The van der Waals surface area contributed by atoms with Crippen LogP contribution >= 0.6 is 0 Å². The number of amides is 1. The molecule has 9 heteroatoms. The predicted molar refractivity (Wildman–Crippen MR) is 80.3 cm³/mol. The van der Waals surface area contributed by atoms with Gasteiger partial charge in [0.2, 0.25) is 0 Å². The summed E-state index contributed by atoms with van der Waals surface area (Å²) in [5.41, 5.74) is -0.358. The van der Waals surface area contributed by atoms with Gasteiger partial charge in [-0.2, -0.15) is 0 Å². The summed E-state index contributed by atoms with van der Waals surface area (Å²) >= 11 is 0. The van der Waals surface area contributed by atoms with Crippen LogP contribution in [0.4, 0.5) is 17.1 Å². The van der Waals surface area contributed by atoms with Gasteiger partial charge in [-0.05, 0) is 12.1 Å². The summed E-state index contributed by atoms with van der Waals surface area (Å²) in [4.78, 5) is 32.1. The summed E-state index contributed by atoms with van der Waals surface area (Å²) in [6, 6.07) is 11.0. The molecule has 0 atom stereocenters. The lowest BCUT2D eigenvalue weighted by molar-refractivity contribution is -0.385. The molecule has 9 nitrogen and oxygen atoms in total. The van der Waals surface area contributed by atoms with E-state index in [-0.39, 0.29) is 22.8 Å². The van der Waals surface area contributed by atoms with Crippen LogP contribution in [0.3, 0.4) is 0 Å². The Labute approximate surface area is 129 Å². The van der Waals surface area contributed by atoms with Crippen molar-refractivity contribution in [3.63, 3.8) is 0 Å². The number of non-ortho nitro benzene ring substituents is 1. The third kappa shape index (κ3) is 4.24. The van der Waals surface area contributed by atoms with E-state index in [0.29, 0.717) is 0 Å². The van der Waals surface area contributed by atoms with E-state index in [0.717, 1.165) is 0 Å². The molecule has 0 fully saturated rings. The number of carbonyl (C=O) groups excluding carboxylic acids is 1. The van der Waals surface area contributed by atoms with Crippen LogP contribution in [0.25, 0.3) is 0 Å². The lowest BCUT2D eigenvalue weighted by Gasteiger charge is -2.07. The molecule has 0 aromatic heterocycles. The molecule has 0 radical (unpaired) electrons. The molecule has 2 aromatic rings. The zero-order valence-corrected chi connectivity index (χ0v) is 11.7. The number of para-hydroxylation sites is 2. The van der Waals surface area contributed by atoms with Crippen LogP contribution in [0.5, 0.6) is 5.75 Å². The van der Waals surface area contributed by atoms with E-state index in [1.54, 1.807) is 6.07 Å². The first-order valence-electron chi connectivity index (χ1n) is 6.38. The van der Waals surface area contributed by atoms with Crippen LogP contribution in [0, 0.1) is 20.2 Å². The van der Waals surface area contributed by atoms with E-state index < -0.39 is 22.4 Å². The quantitative estimate of drug-likeness (QED) is 0.644. The zero-order chi connectivity index (χ0) is 16.8. The Morgan fingerprint density at radius 1 is 1.04 bits per heavy atom. The summed E-state index contributed by atoms with van der Waals surface area (Å²) in [5.74, 6) is -0.470. The number of hydrogen-bond donors (Lipinski definition) is 1. The molecule has 0 aliphatic heterocycles. The minimum atomic E-state index is -0.620. The van der Waals surface area contributed by atoms with Crippen LogP contribution in [-0.2, 0) is 4.79 Å². The second-order valence-electron chi connectivity index (χ2n) is 4.37. The van der Waals surface area contributed by atoms with Gasteiger partial charge >= 0.3 is 0 Å². The molecule has 0 bridgehead atoms. The lowest BCUT2D eigenvalue weighted by Crippen LogP contribution is -2.20. The Morgan fingerprint density at radius 3 is 2.48 bits per heavy atom. The Morgan fingerprint density at radius 2 is 1.78 bits per heavy atom. The Kier molecular flexibility index (Phi) is 4.82. The van der Waals surface area contributed by atoms with Gasteiger partial charge in [0.1, 0.15) is 11.4 Å². The SMILES string of the molecule is O=C(COc1cccc([N+](=O)[O-])c1)Nc1ccccc1[N+](=O)[O-]. The van der Waals surface area contributed by atoms with Gasteiger partial charge in [0, 0.05) is 12.1 Å². The minimum absolute atomic E-state index is 0.0464. The van der Waals surface area contributed by atoms with Crippen molar-refractivity contribution in [1.82, 2.24) is 0 Å². The van der Waals surface area contributed by atoms with Crippen LogP contribution < -0.4 is 10.1 Å². The molecule has 1 N–H and O–H groups in total. The molecule has 0 aliphatic rings. The van der Waals surface area contributed by atoms with Gasteiger partial charge in [-0.25, -0.2) is 0 Å². The van der Waals surface area contributed by atoms with Crippen LogP contribution in [0.1, 0.15) is 0 Å². The largest absolute Gasteiger partial charge is 0.484 e. The summed E-state index contributed by atoms with van der Waals surface area (Å²) in [6.07, 6.45) is 0. The maximum Gasteiger partial charge on any atom is 0.292 e. The normalized spacial score (nSPS) is 9.91. The topological polar surface area (TPSA) is 125 Å². The summed E-state index contributed by atoms with van der Waals surface area (Å²) in [7, 11) is 0. The third-order valence-corrected chi connectivity index (χ3v) is 2.77. The molecule has 0 spiro atoms. The standard InChI is InChI=1S/C14H11N3O6/c18-14(15-12-6-1-2-7-13(12)17(21)22)9-23-11-5-3-4-10(8-11)16(19)20/h1-8H,9H2,(H,15,18). The number of rotatable bonds is 6. The van der Waals surface area contributed by atoms with Crippen molar-refractivity contribution in [2.24, 2.45) is 0 Å². The van der Waals surface area contributed by atoms with E-state index in [4.69, 9.17) is 4.74 Å². The van der Waals surface area contributed by atoms with Crippen molar-refractivity contribution in [1.29, 1.82) is 0 Å². The number of nitrogens with zero attached hydrogens (tertiary/aromatic N) is 2. The molecule has 2 rings (SSSR count). The molecule has 1 amide bonds. The van der Waals surface area contributed by atoms with Crippen molar-refractivity contribution in [2.45, 2.75) is 0 Å². The molecule has 2 aromatic carbocycles. The first-order valence-corrected chi connectivity index (χ1v) is 6.38. The smallest absolute Gasteiger partial charge is 0.292 e. The number of anilines is 1. The number of nitrogens with one attached hydrogen (secondary N) is 1. The number of carbonyl (C=O) groups is 1. The van der Waals surface area contributed by atoms with Crippen LogP contribution in [-0.4, -0.2) is 22.4 Å². The highest BCUT2D eigenvalue weighted by molar-refractivity contribution is 5.94. The predicted octanol–water partition coefficient (Wildman–Crippen LogP) is 2.52. The molecule has 0 heterocycles. The average molecular weight is 317 g/mol. The zero-order valence-electron chi connectivity index (χ0n) is 11.7. The highest BCUT2D eigenvalue weighted by Crippen LogP contribution is 2.23. The number of hydrogen-bond acceptors (Lipinski definition) is 6. The minimum Gasteiger partial charge on any atom is -0.484 e. The number of nitro benzene ring substituents is 2. The van der Waals surface area contributed by atoms with Gasteiger partial charge in [-0.15, -0.1) is 0 Å². The summed E-state index contributed by atoms with van der Waals surface area (Å²) in [6.45, 7) is -0.437. The third-order valence-electron chi connectivity index (χ3n) is 2.77. The van der Waals surface area contributed by atoms with Gasteiger partial charge in [-0.1, -0.05) is 18.2 Å². The van der Waals surface area contributed by atoms with Gasteiger partial charge in [0.05, 0.1) is 15.9 Å². The average Bonchev–Trinajstić information content (AvgIpc) is 2.53. The van der Waals surface area contributed by atoms with Gasteiger partial charge < -0.3 is 10.1 Å². The van der Waals surface area contributed by atoms with E-state index in [1.165, 1.54) is 42.5 Å². The molecule has 118 valence electrons. The first-order chi connectivity index (χ1) is 11.0. The molecule has 0 saturated heterocycles. The molecule has 0 saturated carbocycles. The molecule has 23 heavy (non-hydrogen) atoms. The number of ether oxygens (including phenoxy) is 1. The van der Waals surface area contributed by atoms with Crippen LogP contribution in [0.15, 0.2) is 48.5 Å². The molecular formula is C14H11N3O6. The van der Waals surface area contributed by atoms with Crippen molar-refractivity contribution in [3.05, 3.63) is 68.8 Å². The van der Waals surface area contributed by atoms with E-state index in [1.807, 2.05) is 0 Å². The van der Waals surface area contributed by atoms with Crippen molar-refractivity contribution in [2.75, 3.05) is 11.9 Å². The second-order valence-corrected chi connectivity index (χ2v) is 4.37. The van der Waals surface area contributed by atoms with Crippen molar-refractivity contribution in [3.8, 4) is 5.75 Å². The van der Waals surface area contributed by atoms with Crippen molar-refractivity contribution >= 4 is 23.0 Å². The Hall–Kier alpha value is -3.49. The first kappa shape index (κ1) is 15.9. The monoisotopic (exact) mass is 317 g/mol. The van der Waals surface area contributed by atoms with E-state index in [9.17, 15) is 25.0 Å². The maximum absolute atomic E-state index is 11.8. The van der Waals surface area contributed by atoms with Crippen LogP contribution in [0.2, 0.25) is 0 Å². The summed E-state index contributed by atoms with van der Waals surface area (Å²) < 4.78 is 5.14. The van der Waals surface area contributed by atoms with E-state index >= 15 is 0 Å². The Bertz CT molecular complexity index is 762. The fraction of sp³-hybridized carbons (Fsp3) is 0.0714. The van der Waals surface area contributed by atoms with Gasteiger partial charge in [0.15, 0.2) is 6.61 Å². The highest BCUT2D eigenvalue weighted by atomic mass is 16.6. The van der Waals surface area contributed by atoms with Gasteiger partial charge in [-0.3, -0.25) is 25.0 Å². The number of benzene rings is 2.